The number of carbonyl (C=O) groups excluding carboxylic acids is 2. The molecular formula is C12H22ClN3O2. The van der Waals surface area contributed by atoms with E-state index in [-0.39, 0.29) is 36.2 Å². The summed E-state index contributed by atoms with van der Waals surface area (Å²) in [4.78, 5) is 25.2. The molecule has 0 aromatic carbocycles. The van der Waals surface area contributed by atoms with Crippen molar-refractivity contribution < 1.29 is 9.59 Å². The summed E-state index contributed by atoms with van der Waals surface area (Å²) in [6.07, 6.45) is 2.47. The van der Waals surface area contributed by atoms with E-state index in [1.807, 2.05) is 11.8 Å². The highest BCUT2D eigenvalue weighted by atomic mass is 35.5. The van der Waals surface area contributed by atoms with Crippen LogP contribution < -0.4 is 11.1 Å². The molecule has 0 aromatic rings. The molecule has 5 nitrogen and oxygen atoms in total. The van der Waals surface area contributed by atoms with Gasteiger partial charge in [-0.25, -0.2) is 0 Å². The first-order chi connectivity index (χ1) is 8.08. The molecule has 2 aliphatic heterocycles. The molecule has 2 heterocycles. The predicted molar refractivity (Wildman–Crippen MR) is 71.3 cm³/mol. The van der Waals surface area contributed by atoms with E-state index < -0.39 is 0 Å². The molecule has 0 aliphatic carbocycles. The third-order valence-electron chi connectivity index (χ3n) is 3.84. The van der Waals surface area contributed by atoms with Crippen LogP contribution >= 0.6 is 12.4 Å². The number of piperidine rings is 1. The molecular weight excluding hydrogens is 254 g/mol. The zero-order valence-corrected chi connectivity index (χ0v) is 11.5. The molecule has 0 radical (unpaired) electrons. The summed E-state index contributed by atoms with van der Waals surface area (Å²) >= 11 is 0. The number of nitrogens with two attached hydrogens (primary N) is 1. The number of hydrogen-bond acceptors (Lipinski definition) is 3. The Bertz CT molecular complexity index is 322. The minimum absolute atomic E-state index is 0. The molecule has 2 saturated heterocycles. The largest absolute Gasteiger partial charge is 0.355 e. The van der Waals surface area contributed by atoms with E-state index >= 15 is 0 Å². The highest BCUT2D eigenvalue weighted by Gasteiger charge is 2.34. The lowest BCUT2D eigenvalue weighted by atomic mass is 9.91. The van der Waals surface area contributed by atoms with E-state index in [4.69, 9.17) is 5.73 Å². The SMILES string of the molecule is CC(N)C1CCCN(C(=O)C2CNC(=O)C2)C1.Cl. The number of likely N-dealkylation sites (tertiary alicyclic amines) is 1. The molecule has 2 rings (SSSR count). The average molecular weight is 276 g/mol. The fourth-order valence-electron chi connectivity index (χ4n) is 2.68. The molecule has 0 aromatic heterocycles. The zero-order valence-electron chi connectivity index (χ0n) is 10.7. The number of nitrogens with one attached hydrogen (secondary N) is 1. The first-order valence-electron chi connectivity index (χ1n) is 6.39. The van der Waals surface area contributed by atoms with Crippen molar-refractivity contribution in [3.8, 4) is 0 Å². The van der Waals surface area contributed by atoms with Crippen molar-refractivity contribution in [1.29, 1.82) is 0 Å². The number of halogens is 1. The van der Waals surface area contributed by atoms with Crippen LogP contribution in [0.15, 0.2) is 0 Å². The van der Waals surface area contributed by atoms with E-state index in [0.29, 0.717) is 18.9 Å². The molecule has 3 atom stereocenters. The van der Waals surface area contributed by atoms with Gasteiger partial charge in [0, 0.05) is 32.1 Å². The van der Waals surface area contributed by atoms with Crippen LogP contribution in [0.4, 0.5) is 0 Å². The van der Waals surface area contributed by atoms with Gasteiger partial charge in [-0.05, 0) is 25.7 Å². The maximum atomic E-state index is 12.2. The number of hydrogen-bond donors (Lipinski definition) is 2. The minimum atomic E-state index is -0.158. The maximum absolute atomic E-state index is 12.2. The summed E-state index contributed by atoms with van der Waals surface area (Å²) in [6.45, 7) is 4.06. The van der Waals surface area contributed by atoms with E-state index in [1.54, 1.807) is 0 Å². The Morgan fingerprint density at radius 2 is 2.28 bits per heavy atom. The van der Waals surface area contributed by atoms with Gasteiger partial charge in [0.25, 0.3) is 0 Å². The number of carbonyl (C=O) groups is 2. The standard InChI is InChI=1S/C12H21N3O2.ClH/c1-8(13)9-3-2-4-15(7-9)12(17)10-5-11(16)14-6-10;/h8-10H,2-7,13H2,1H3,(H,14,16);1H. The second kappa shape index (κ2) is 6.38. The van der Waals surface area contributed by atoms with Crippen LogP contribution in [-0.2, 0) is 9.59 Å². The smallest absolute Gasteiger partial charge is 0.227 e. The van der Waals surface area contributed by atoms with Gasteiger partial charge >= 0.3 is 0 Å². The molecule has 104 valence electrons. The summed E-state index contributed by atoms with van der Waals surface area (Å²) in [5.41, 5.74) is 5.90. The van der Waals surface area contributed by atoms with Crippen LogP contribution in [0.2, 0.25) is 0 Å². The van der Waals surface area contributed by atoms with Gasteiger partial charge in [-0.15, -0.1) is 12.4 Å². The van der Waals surface area contributed by atoms with Crippen molar-refractivity contribution in [1.82, 2.24) is 10.2 Å². The van der Waals surface area contributed by atoms with Crippen molar-refractivity contribution in [2.24, 2.45) is 17.6 Å². The molecule has 0 bridgehead atoms. The Balaban J connectivity index is 0.00000162. The van der Waals surface area contributed by atoms with E-state index in [1.165, 1.54) is 0 Å². The first-order valence-corrected chi connectivity index (χ1v) is 6.39. The fourth-order valence-corrected chi connectivity index (χ4v) is 2.68. The Morgan fingerprint density at radius 1 is 1.56 bits per heavy atom. The number of rotatable bonds is 2. The zero-order chi connectivity index (χ0) is 12.4. The lowest BCUT2D eigenvalue weighted by Crippen LogP contribution is -2.47. The van der Waals surface area contributed by atoms with Gasteiger partial charge in [0.05, 0.1) is 5.92 Å². The Morgan fingerprint density at radius 3 is 2.83 bits per heavy atom. The predicted octanol–water partition coefficient (Wildman–Crippen LogP) is 0.130. The van der Waals surface area contributed by atoms with E-state index in [2.05, 4.69) is 5.32 Å². The van der Waals surface area contributed by atoms with Crippen LogP contribution in [0.1, 0.15) is 26.2 Å². The van der Waals surface area contributed by atoms with Crippen molar-refractivity contribution in [2.45, 2.75) is 32.2 Å². The maximum Gasteiger partial charge on any atom is 0.227 e. The average Bonchev–Trinajstić information content (AvgIpc) is 2.75. The highest BCUT2D eigenvalue weighted by molar-refractivity contribution is 5.89. The summed E-state index contributed by atoms with van der Waals surface area (Å²) in [6, 6.07) is 0.133. The highest BCUT2D eigenvalue weighted by Crippen LogP contribution is 2.22. The molecule has 2 aliphatic rings. The molecule has 18 heavy (non-hydrogen) atoms. The minimum Gasteiger partial charge on any atom is -0.355 e. The van der Waals surface area contributed by atoms with Gasteiger partial charge in [-0.2, -0.15) is 0 Å². The summed E-state index contributed by atoms with van der Waals surface area (Å²) in [5.74, 6) is 0.352. The van der Waals surface area contributed by atoms with Gasteiger partial charge in [0.2, 0.25) is 11.8 Å². The molecule has 3 N–H and O–H groups in total. The molecule has 2 amide bonds. The fraction of sp³-hybridized carbons (Fsp3) is 0.833. The van der Waals surface area contributed by atoms with E-state index in [0.717, 1.165) is 25.9 Å². The topological polar surface area (TPSA) is 75.4 Å². The Labute approximate surface area is 114 Å². The molecule has 2 fully saturated rings. The quantitative estimate of drug-likeness (QED) is 0.752. The second-order valence-electron chi connectivity index (χ2n) is 5.25. The monoisotopic (exact) mass is 275 g/mol. The normalized spacial score (nSPS) is 29.4. The van der Waals surface area contributed by atoms with Gasteiger partial charge in [0.1, 0.15) is 0 Å². The van der Waals surface area contributed by atoms with Crippen molar-refractivity contribution in [3.05, 3.63) is 0 Å². The van der Waals surface area contributed by atoms with Crippen LogP contribution in [0, 0.1) is 11.8 Å². The summed E-state index contributed by atoms with van der Waals surface area (Å²) in [5, 5.41) is 2.71. The summed E-state index contributed by atoms with van der Waals surface area (Å²) in [7, 11) is 0. The Hall–Kier alpha value is -0.810. The second-order valence-corrected chi connectivity index (χ2v) is 5.25. The van der Waals surface area contributed by atoms with Crippen LogP contribution in [0.5, 0.6) is 0 Å². The van der Waals surface area contributed by atoms with Crippen molar-refractivity contribution in [3.63, 3.8) is 0 Å². The summed E-state index contributed by atoms with van der Waals surface area (Å²) < 4.78 is 0. The molecule has 3 unspecified atom stereocenters. The van der Waals surface area contributed by atoms with Crippen molar-refractivity contribution >= 4 is 24.2 Å². The number of amides is 2. The Kier molecular flexibility index (Phi) is 5.41. The first kappa shape index (κ1) is 15.2. The van der Waals surface area contributed by atoms with E-state index in [9.17, 15) is 9.59 Å². The number of nitrogens with zero attached hydrogens (tertiary/aromatic N) is 1. The lowest BCUT2D eigenvalue weighted by molar-refractivity contribution is -0.137. The molecule has 0 saturated carbocycles. The third kappa shape index (κ3) is 3.36. The third-order valence-corrected chi connectivity index (χ3v) is 3.84. The molecule has 6 heteroatoms. The van der Waals surface area contributed by atoms with Crippen LogP contribution in [0.3, 0.4) is 0 Å². The molecule has 0 spiro atoms. The van der Waals surface area contributed by atoms with Crippen molar-refractivity contribution in [2.75, 3.05) is 19.6 Å². The van der Waals surface area contributed by atoms with Gasteiger partial charge in [0.15, 0.2) is 0 Å². The van der Waals surface area contributed by atoms with Gasteiger partial charge < -0.3 is 16.0 Å². The van der Waals surface area contributed by atoms with Crippen LogP contribution in [-0.4, -0.2) is 42.4 Å². The lowest BCUT2D eigenvalue weighted by Gasteiger charge is -2.35. The van der Waals surface area contributed by atoms with Gasteiger partial charge in [-0.3, -0.25) is 9.59 Å². The van der Waals surface area contributed by atoms with Crippen LogP contribution in [0.25, 0.3) is 0 Å². The van der Waals surface area contributed by atoms with Gasteiger partial charge in [-0.1, -0.05) is 0 Å².